The second-order valence-corrected chi connectivity index (χ2v) is 8.29. The fraction of sp³-hybridized carbons (Fsp3) is 0.529. The molecular formula is C17H22FN3O5S. The Labute approximate surface area is 157 Å². The maximum absolute atomic E-state index is 13.4. The molecule has 10 heteroatoms. The van der Waals surface area contributed by atoms with Crippen LogP contribution >= 0.6 is 0 Å². The second kappa shape index (κ2) is 8.42. The van der Waals surface area contributed by atoms with Gasteiger partial charge < -0.3 is 14.0 Å². The Bertz CT molecular complexity index is 886. The van der Waals surface area contributed by atoms with Gasteiger partial charge in [-0.1, -0.05) is 5.16 Å². The molecule has 27 heavy (non-hydrogen) atoms. The van der Waals surface area contributed by atoms with Crippen molar-refractivity contribution < 1.29 is 26.8 Å². The van der Waals surface area contributed by atoms with Gasteiger partial charge >= 0.3 is 0 Å². The molecule has 0 amide bonds. The summed E-state index contributed by atoms with van der Waals surface area (Å²) in [6.45, 7) is 3.20. The summed E-state index contributed by atoms with van der Waals surface area (Å²) in [7, 11) is -2.11. The van der Waals surface area contributed by atoms with Crippen LogP contribution in [0, 0.1) is 12.7 Å². The lowest BCUT2D eigenvalue weighted by Gasteiger charge is -2.16. The second-order valence-electron chi connectivity index (χ2n) is 6.35. The molecule has 1 aliphatic rings. The zero-order chi connectivity index (χ0) is 19.4. The highest BCUT2D eigenvalue weighted by Crippen LogP contribution is 2.30. The van der Waals surface area contributed by atoms with Crippen LogP contribution < -0.4 is 0 Å². The Morgan fingerprint density at radius 2 is 2.19 bits per heavy atom. The highest BCUT2D eigenvalue weighted by Gasteiger charge is 2.35. The Balaban J connectivity index is 1.64. The van der Waals surface area contributed by atoms with Crippen LogP contribution in [-0.4, -0.2) is 56.3 Å². The molecule has 2 aromatic rings. The molecule has 0 radical (unpaired) electrons. The lowest BCUT2D eigenvalue weighted by atomic mass is 10.1. The van der Waals surface area contributed by atoms with Gasteiger partial charge in [0.2, 0.25) is 10.0 Å². The van der Waals surface area contributed by atoms with Crippen molar-refractivity contribution in [3.8, 4) is 0 Å². The number of ether oxygens (including phenoxy) is 2. The quantitative estimate of drug-likeness (QED) is 0.625. The van der Waals surface area contributed by atoms with Crippen LogP contribution in [0.4, 0.5) is 4.39 Å². The molecule has 0 aliphatic carbocycles. The summed E-state index contributed by atoms with van der Waals surface area (Å²) in [4.78, 5) is 4.38. The highest BCUT2D eigenvalue weighted by atomic mass is 32.2. The summed E-state index contributed by atoms with van der Waals surface area (Å²) in [6.07, 6.45) is 0.586. The van der Waals surface area contributed by atoms with Crippen LogP contribution in [0.5, 0.6) is 0 Å². The average molecular weight is 399 g/mol. The summed E-state index contributed by atoms with van der Waals surface area (Å²) in [5.74, 6) is 0.225. The largest absolute Gasteiger partial charge is 0.382 e. The number of aromatic nitrogens is 2. The van der Waals surface area contributed by atoms with Crippen molar-refractivity contribution >= 4 is 10.0 Å². The summed E-state index contributed by atoms with van der Waals surface area (Å²) in [5.41, 5.74) is 0.295. The highest BCUT2D eigenvalue weighted by molar-refractivity contribution is 7.89. The van der Waals surface area contributed by atoms with E-state index >= 15 is 0 Å². The first-order valence-corrected chi connectivity index (χ1v) is 10.0. The third-order valence-corrected chi connectivity index (χ3v) is 6.29. The molecule has 1 fully saturated rings. The van der Waals surface area contributed by atoms with Gasteiger partial charge in [-0.15, -0.1) is 0 Å². The predicted molar refractivity (Wildman–Crippen MR) is 93.1 cm³/mol. The fourth-order valence-corrected chi connectivity index (χ4v) is 4.46. The first-order valence-electron chi connectivity index (χ1n) is 8.57. The van der Waals surface area contributed by atoms with Crippen LogP contribution in [-0.2, 0) is 26.1 Å². The van der Waals surface area contributed by atoms with E-state index in [2.05, 4.69) is 10.1 Å². The predicted octanol–water partition coefficient (Wildman–Crippen LogP) is 1.86. The molecule has 0 saturated carbocycles. The zero-order valence-corrected chi connectivity index (χ0v) is 16.0. The third kappa shape index (κ3) is 4.52. The molecule has 1 aliphatic heterocycles. The average Bonchev–Trinajstić information content (AvgIpc) is 3.30. The topological polar surface area (TPSA) is 94.8 Å². The fourth-order valence-electron chi connectivity index (χ4n) is 2.88. The first-order chi connectivity index (χ1) is 12.9. The van der Waals surface area contributed by atoms with Crippen LogP contribution in [0.3, 0.4) is 0 Å². The molecule has 2 heterocycles. The Kier molecular flexibility index (Phi) is 6.20. The third-order valence-electron chi connectivity index (χ3n) is 4.42. The van der Waals surface area contributed by atoms with Crippen LogP contribution in [0.1, 0.15) is 29.6 Å². The van der Waals surface area contributed by atoms with E-state index in [4.69, 9.17) is 14.0 Å². The summed E-state index contributed by atoms with van der Waals surface area (Å²) >= 11 is 0. The molecule has 1 atom stereocenters. The molecule has 1 saturated heterocycles. The van der Waals surface area contributed by atoms with Crippen molar-refractivity contribution in [1.82, 2.24) is 14.4 Å². The number of hydrogen-bond acceptors (Lipinski definition) is 7. The number of sulfonamides is 1. The van der Waals surface area contributed by atoms with E-state index in [-0.39, 0.29) is 24.0 Å². The van der Waals surface area contributed by atoms with Gasteiger partial charge in [0.25, 0.3) is 5.89 Å². The van der Waals surface area contributed by atoms with E-state index in [0.717, 1.165) is 0 Å². The maximum atomic E-state index is 13.4. The van der Waals surface area contributed by atoms with Gasteiger partial charge in [0.1, 0.15) is 12.4 Å². The van der Waals surface area contributed by atoms with Crippen LogP contribution in [0.25, 0.3) is 0 Å². The van der Waals surface area contributed by atoms with E-state index in [1.807, 2.05) is 0 Å². The molecule has 1 aromatic carbocycles. The molecule has 0 N–H and O–H groups in total. The first kappa shape index (κ1) is 19.9. The SMILES string of the molecule is COCCOCc1nc(C2CCN(S(=O)(=O)c3ccc(F)c(C)c3)C2)no1. The molecular weight excluding hydrogens is 377 g/mol. The van der Waals surface area contributed by atoms with Crippen molar-refractivity contribution in [1.29, 1.82) is 0 Å². The van der Waals surface area contributed by atoms with Crippen LogP contribution in [0.15, 0.2) is 27.6 Å². The van der Waals surface area contributed by atoms with Gasteiger partial charge in [-0.2, -0.15) is 9.29 Å². The molecule has 0 bridgehead atoms. The summed E-state index contributed by atoms with van der Waals surface area (Å²) < 4.78 is 55.8. The Morgan fingerprint density at radius 1 is 1.37 bits per heavy atom. The van der Waals surface area contributed by atoms with Gasteiger partial charge in [0.05, 0.1) is 18.1 Å². The molecule has 1 unspecified atom stereocenters. The van der Waals surface area contributed by atoms with E-state index in [0.29, 0.717) is 43.5 Å². The van der Waals surface area contributed by atoms with E-state index < -0.39 is 15.8 Å². The Hall–Kier alpha value is -1.88. The van der Waals surface area contributed by atoms with E-state index in [1.54, 1.807) is 7.11 Å². The van der Waals surface area contributed by atoms with Gasteiger partial charge in [-0.25, -0.2) is 12.8 Å². The minimum Gasteiger partial charge on any atom is -0.382 e. The number of halogens is 1. The maximum Gasteiger partial charge on any atom is 0.252 e. The summed E-state index contributed by atoms with van der Waals surface area (Å²) in [5, 5.41) is 3.94. The number of aryl methyl sites for hydroxylation is 1. The molecule has 1 aromatic heterocycles. The van der Waals surface area contributed by atoms with Crippen molar-refractivity contribution in [2.24, 2.45) is 0 Å². The molecule has 8 nitrogen and oxygen atoms in total. The number of nitrogens with zero attached hydrogens (tertiary/aromatic N) is 3. The van der Waals surface area contributed by atoms with Gasteiger partial charge in [-0.05, 0) is 37.1 Å². The zero-order valence-electron chi connectivity index (χ0n) is 15.2. The lowest BCUT2D eigenvalue weighted by Crippen LogP contribution is -2.28. The van der Waals surface area contributed by atoms with Crippen molar-refractivity contribution in [3.63, 3.8) is 0 Å². The van der Waals surface area contributed by atoms with Crippen molar-refractivity contribution in [3.05, 3.63) is 41.3 Å². The number of rotatable bonds is 8. The number of hydrogen-bond donors (Lipinski definition) is 0. The summed E-state index contributed by atoms with van der Waals surface area (Å²) in [6, 6.07) is 3.81. The number of benzene rings is 1. The Morgan fingerprint density at radius 3 is 2.93 bits per heavy atom. The molecule has 148 valence electrons. The molecule has 0 spiro atoms. The van der Waals surface area contributed by atoms with Crippen molar-refractivity contribution in [2.45, 2.75) is 30.8 Å². The van der Waals surface area contributed by atoms with E-state index in [9.17, 15) is 12.8 Å². The lowest BCUT2D eigenvalue weighted by molar-refractivity contribution is 0.0494. The monoisotopic (exact) mass is 399 g/mol. The standard InChI is InChI=1S/C17H22FN3O5S/c1-12-9-14(3-4-15(12)18)27(22,23)21-6-5-13(10-21)17-19-16(26-20-17)11-25-8-7-24-2/h3-4,9,13H,5-8,10-11H2,1-2H3. The van der Waals surface area contributed by atoms with Gasteiger partial charge in [0, 0.05) is 26.1 Å². The smallest absolute Gasteiger partial charge is 0.252 e. The minimum absolute atomic E-state index is 0.0856. The van der Waals surface area contributed by atoms with Gasteiger partial charge in [0.15, 0.2) is 5.82 Å². The minimum atomic E-state index is -3.69. The van der Waals surface area contributed by atoms with Crippen molar-refractivity contribution in [2.75, 3.05) is 33.4 Å². The van der Waals surface area contributed by atoms with Gasteiger partial charge in [-0.3, -0.25) is 0 Å². The molecule has 3 rings (SSSR count). The van der Waals surface area contributed by atoms with Crippen LogP contribution in [0.2, 0.25) is 0 Å². The van der Waals surface area contributed by atoms with E-state index in [1.165, 1.54) is 29.4 Å². The number of methoxy groups -OCH3 is 1. The normalized spacial score (nSPS) is 18.3.